The molecule has 0 unspecified atom stereocenters. The molecule has 0 atom stereocenters. The maximum atomic E-state index is 12.2. The van der Waals surface area contributed by atoms with Crippen LogP contribution in [0.3, 0.4) is 0 Å². The molecular formula is C13H7BrN4O. The minimum absolute atomic E-state index is 0.297. The number of hydrogen-bond acceptors (Lipinski definition) is 3. The van der Waals surface area contributed by atoms with Gasteiger partial charge in [-0.15, -0.1) is 0 Å². The van der Waals surface area contributed by atoms with E-state index >= 15 is 0 Å². The minimum Gasteiger partial charge on any atom is -0.337 e. The molecule has 0 amide bonds. The summed E-state index contributed by atoms with van der Waals surface area (Å²) in [6.07, 6.45) is 1.37. The second kappa shape index (κ2) is 4.37. The Morgan fingerprint density at radius 2 is 2.05 bits per heavy atom. The molecule has 1 aromatic carbocycles. The third-order valence-electron chi connectivity index (χ3n) is 2.80. The van der Waals surface area contributed by atoms with E-state index in [9.17, 15) is 4.79 Å². The van der Waals surface area contributed by atoms with Crippen LogP contribution >= 0.6 is 15.9 Å². The highest BCUT2D eigenvalue weighted by molar-refractivity contribution is 9.10. The van der Waals surface area contributed by atoms with E-state index in [2.05, 4.69) is 26.0 Å². The zero-order chi connectivity index (χ0) is 13.4. The molecule has 0 saturated heterocycles. The lowest BCUT2D eigenvalue weighted by molar-refractivity contribution is 0.893. The summed E-state index contributed by atoms with van der Waals surface area (Å²) in [6, 6.07) is 11.4. The second-order valence-electron chi connectivity index (χ2n) is 3.92. The fourth-order valence-electron chi connectivity index (χ4n) is 1.88. The van der Waals surface area contributed by atoms with Gasteiger partial charge in [0.25, 0.3) is 5.56 Å². The molecule has 0 saturated carbocycles. The molecule has 6 heteroatoms. The van der Waals surface area contributed by atoms with Crippen molar-refractivity contribution in [2.75, 3.05) is 0 Å². The summed E-state index contributed by atoms with van der Waals surface area (Å²) in [5, 5.41) is 12.9. The van der Waals surface area contributed by atoms with Crippen LogP contribution in [0.2, 0.25) is 0 Å². The lowest BCUT2D eigenvalue weighted by Crippen LogP contribution is -2.17. The van der Waals surface area contributed by atoms with Gasteiger partial charge < -0.3 is 4.98 Å². The Morgan fingerprint density at radius 1 is 1.32 bits per heavy atom. The number of aromatic amines is 1. The highest BCUT2D eigenvalue weighted by Gasteiger charge is 2.14. The van der Waals surface area contributed by atoms with E-state index in [1.54, 1.807) is 0 Å². The third kappa shape index (κ3) is 1.75. The fraction of sp³-hybridized carbons (Fsp3) is 0. The number of rotatable bonds is 1. The number of fused-ring (bicyclic) bond motifs is 1. The normalized spacial score (nSPS) is 10.5. The maximum Gasteiger partial charge on any atom is 0.289 e. The minimum atomic E-state index is -0.297. The zero-order valence-corrected chi connectivity index (χ0v) is 11.2. The molecule has 2 aromatic heterocycles. The average molecular weight is 315 g/mol. The molecule has 3 aromatic rings. The highest BCUT2D eigenvalue weighted by Crippen LogP contribution is 2.24. The number of hydrogen-bond donors (Lipinski definition) is 1. The molecule has 92 valence electrons. The van der Waals surface area contributed by atoms with Gasteiger partial charge in [0.15, 0.2) is 5.65 Å². The first-order valence-electron chi connectivity index (χ1n) is 5.47. The van der Waals surface area contributed by atoms with Gasteiger partial charge in [-0.25, -0.2) is 0 Å². The Morgan fingerprint density at radius 3 is 2.74 bits per heavy atom. The summed E-state index contributed by atoms with van der Waals surface area (Å²) in [5.74, 6) is 0. The van der Waals surface area contributed by atoms with Gasteiger partial charge in [-0.1, -0.05) is 30.3 Å². The van der Waals surface area contributed by atoms with Crippen LogP contribution in [0.4, 0.5) is 0 Å². The number of nitrogens with zero attached hydrogens (tertiary/aromatic N) is 3. The van der Waals surface area contributed by atoms with Crippen molar-refractivity contribution in [3.8, 4) is 17.3 Å². The Labute approximate surface area is 116 Å². The van der Waals surface area contributed by atoms with Crippen LogP contribution in [-0.4, -0.2) is 14.6 Å². The van der Waals surface area contributed by atoms with Crippen molar-refractivity contribution in [1.82, 2.24) is 14.6 Å². The van der Waals surface area contributed by atoms with Crippen LogP contribution in [0.1, 0.15) is 5.56 Å². The molecule has 0 spiro atoms. The third-order valence-corrected chi connectivity index (χ3v) is 3.53. The van der Waals surface area contributed by atoms with Crippen LogP contribution in [0, 0.1) is 11.3 Å². The van der Waals surface area contributed by atoms with Crippen molar-refractivity contribution >= 4 is 21.6 Å². The lowest BCUT2D eigenvalue weighted by Gasteiger charge is -2.05. The number of benzene rings is 1. The molecule has 0 aliphatic carbocycles. The van der Waals surface area contributed by atoms with Gasteiger partial charge in [-0.2, -0.15) is 14.9 Å². The van der Waals surface area contributed by atoms with Crippen LogP contribution < -0.4 is 5.56 Å². The number of aromatic nitrogens is 3. The Hall–Kier alpha value is -2.39. The van der Waals surface area contributed by atoms with E-state index in [1.807, 2.05) is 36.4 Å². The number of nitriles is 1. The van der Waals surface area contributed by atoms with E-state index in [0.717, 1.165) is 5.56 Å². The van der Waals surface area contributed by atoms with Gasteiger partial charge in [-0.3, -0.25) is 4.79 Å². The average Bonchev–Trinajstić information content (AvgIpc) is 2.86. The molecule has 0 radical (unpaired) electrons. The first kappa shape index (κ1) is 11.7. The number of H-pyrrole nitrogens is 1. The van der Waals surface area contributed by atoms with Gasteiger partial charge in [0.1, 0.15) is 16.1 Å². The molecule has 0 aliphatic rings. The second-order valence-corrected chi connectivity index (χ2v) is 4.71. The SMILES string of the molecule is N#Cc1cnn2c(=O)c(Br)c(-c3ccccc3)[nH]c12. The molecule has 1 N–H and O–H groups in total. The highest BCUT2D eigenvalue weighted by atomic mass is 79.9. The number of nitrogens with one attached hydrogen (secondary N) is 1. The van der Waals surface area contributed by atoms with Crippen molar-refractivity contribution in [3.05, 3.63) is 56.9 Å². The smallest absolute Gasteiger partial charge is 0.289 e. The summed E-state index contributed by atoms with van der Waals surface area (Å²) < 4.78 is 1.56. The summed E-state index contributed by atoms with van der Waals surface area (Å²) in [4.78, 5) is 15.3. The molecule has 2 heterocycles. The molecule has 0 aliphatic heterocycles. The molecule has 5 nitrogen and oxygen atoms in total. The summed E-state index contributed by atoms with van der Waals surface area (Å²) >= 11 is 3.28. The van der Waals surface area contributed by atoms with Gasteiger partial charge >= 0.3 is 0 Å². The van der Waals surface area contributed by atoms with Crippen LogP contribution in [-0.2, 0) is 0 Å². The van der Waals surface area contributed by atoms with E-state index in [1.165, 1.54) is 10.7 Å². The van der Waals surface area contributed by atoms with Crippen molar-refractivity contribution in [2.45, 2.75) is 0 Å². The first-order chi connectivity index (χ1) is 9.22. The summed E-state index contributed by atoms with van der Waals surface area (Å²) in [6.45, 7) is 0. The summed E-state index contributed by atoms with van der Waals surface area (Å²) in [5.41, 5.74) is 1.93. The predicted octanol–water partition coefficient (Wildman–Crippen LogP) is 2.32. The van der Waals surface area contributed by atoms with Crippen molar-refractivity contribution < 1.29 is 0 Å². The monoisotopic (exact) mass is 314 g/mol. The molecule has 0 bridgehead atoms. The summed E-state index contributed by atoms with van der Waals surface area (Å²) in [7, 11) is 0. The van der Waals surface area contributed by atoms with E-state index in [-0.39, 0.29) is 5.56 Å². The van der Waals surface area contributed by atoms with Crippen molar-refractivity contribution in [1.29, 1.82) is 5.26 Å². The van der Waals surface area contributed by atoms with E-state index in [0.29, 0.717) is 21.4 Å². The molecule has 19 heavy (non-hydrogen) atoms. The van der Waals surface area contributed by atoms with Crippen LogP contribution in [0.25, 0.3) is 16.9 Å². The first-order valence-corrected chi connectivity index (χ1v) is 6.26. The quantitative estimate of drug-likeness (QED) is 0.749. The largest absolute Gasteiger partial charge is 0.337 e. The zero-order valence-electron chi connectivity index (χ0n) is 9.59. The van der Waals surface area contributed by atoms with Gasteiger partial charge in [0, 0.05) is 0 Å². The van der Waals surface area contributed by atoms with Crippen molar-refractivity contribution in [3.63, 3.8) is 0 Å². The molecule has 0 fully saturated rings. The molecule has 3 rings (SSSR count). The number of halogens is 1. The fourth-order valence-corrected chi connectivity index (χ4v) is 2.38. The van der Waals surface area contributed by atoms with Crippen molar-refractivity contribution in [2.24, 2.45) is 0 Å². The lowest BCUT2D eigenvalue weighted by atomic mass is 10.1. The standard InChI is InChI=1S/C13H7BrN4O/c14-10-11(8-4-2-1-3-5-8)17-12-9(6-15)7-16-18(12)13(10)19/h1-5,7,17H. The van der Waals surface area contributed by atoms with E-state index in [4.69, 9.17) is 5.26 Å². The Balaban J connectivity index is 2.41. The van der Waals surface area contributed by atoms with Crippen LogP contribution in [0.5, 0.6) is 0 Å². The van der Waals surface area contributed by atoms with Gasteiger partial charge in [0.2, 0.25) is 0 Å². The predicted molar refractivity (Wildman–Crippen MR) is 73.7 cm³/mol. The van der Waals surface area contributed by atoms with Gasteiger partial charge in [0.05, 0.1) is 11.9 Å². The molecular weight excluding hydrogens is 308 g/mol. The van der Waals surface area contributed by atoms with Gasteiger partial charge in [-0.05, 0) is 21.5 Å². The topological polar surface area (TPSA) is 74.0 Å². The van der Waals surface area contributed by atoms with Crippen LogP contribution in [0.15, 0.2) is 45.8 Å². The maximum absolute atomic E-state index is 12.2. The Bertz CT molecular complexity index is 858. The van der Waals surface area contributed by atoms with E-state index < -0.39 is 0 Å². The Kier molecular flexibility index (Phi) is 2.69.